The highest BCUT2D eigenvalue weighted by Gasteiger charge is 2.32. The Labute approximate surface area is 210 Å². The Bertz CT molecular complexity index is 1260. The summed E-state index contributed by atoms with van der Waals surface area (Å²) in [5.74, 6) is 2.07. The van der Waals surface area contributed by atoms with Crippen LogP contribution in [-0.2, 0) is 4.79 Å². The van der Waals surface area contributed by atoms with Crippen LogP contribution in [0.5, 0.6) is 17.2 Å². The number of methoxy groups -OCH3 is 2. The van der Waals surface area contributed by atoms with Gasteiger partial charge in [-0.25, -0.2) is 0 Å². The molecule has 8 nitrogen and oxygen atoms in total. The molecule has 0 unspecified atom stereocenters. The molecular weight excluding hydrogens is 458 g/mol. The average Bonchev–Trinajstić information content (AvgIpc) is 2.93. The number of carbonyl (C=O) groups is 2. The predicted molar refractivity (Wildman–Crippen MR) is 135 cm³/mol. The first-order valence-corrected chi connectivity index (χ1v) is 12.1. The van der Waals surface area contributed by atoms with Crippen molar-refractivity contribution in [2.75, 3.05) is 39.2 Å². The van der Waals surface area contributed by atoms with Crippen molar-refractivity contribution in [2.45, 2.75) is 18.8 Å². The second-order valence-corrected chi connectivity index (χ2v) is 9.02. The Morgan fingerprint density at radius 3 is 2.58 bits per heavy atom. The fraction of sp³-hybridized carbons (Fsp3) is 0.321. The van der Waals surface area contributed by atoms with Gasteiger partial charge in [0, 0.05) is 36.5 Å². The van der Waals surface area contributed by atoms with Gasteiger partial charge in [-0.1, -0.05) is 12.1 Å². The van der Waals surface area contributed by atoms with E-state index in [4.69, 9.17) is 14.2 Å². The van der Waals surface area contributed by atoms with Crippen LogP contribution in [0.2, 0.25) is 0 Å². The van der Waals surface area contributed by atoms with E-state index in [0.29, 0.717) is 47.5 Å². The van der Waals surface area contributed by atoms with E-state index < -0.39 is 0 Å². The van der Waals surface area contributed by atoms with Crippen LogP contribution in [0.25, 0.3) is 0 Å². The molecule has 0 saturated carbocycles. The number of hydrogen-bond donors (Lipinski definition) is 1. The number of pyridine rings is 1. The molecule has 1 saturated heterocycles. The third-order valence-corrected chi connectivity index (χ3v) is 6.93. The molecule has 3 heterocycles. The molecule has 186 valence electrons. The highest BCUT2D eigenvalue weighted by Crippen LogP contribution is 2.40. The maximum absolute atomic E-state index is 13.3. The molecule has 1 N–H and O–H groups in total. The van der Waals surface area contributed by atoms with Crippen molar-refractivity contribution in [2.24, 2.45) is 5.92 Å². The number of aromatic nitrogens is 1. The normalized spacial score (nSPS) is 16.4. The Morgan fingerprint density at radius 1 is 1.06 bits per heavy atom. The summed E-state index contributed by atoms with van der Waals surface area (Å²) in [6.07, 6.45) is 3.50. The van der Waals surface area contributed by atoms with Crippen LogP contribution in [0.4, 0.5) is 5.69 Å². The van der Waals surface area contributed by atoms with Gasteiger partial charge in [-0.05, 0) is 66.8 Å². The molecule has 2 aromatic carbocycles. The van der Waals surface area contributed by atoms with E-state index in [1.807, 2.05) is 35.4 Å². The van der Waals surface area contributed by atoms with Gasteiger partial charge in [0.05, 0.1) is 19.9 Å². The van der Waals surface area contributed by atoms with Gasteiger partial charge in [0.2, 0.25) is 0 Å². The molecule has 2 amide bonds. The Balaban J connectivity index is 1.35. The third-order valence-electron chi connectivity index (χ3n) is 6.93. The van der Waals surface area contributed by atoms with Crippen molar-refractivity contribution in [1.29, 1.82) is 0 Å². The second kappa shape index (κ2) is 10.3. The van der Waals surface area contributed by atoms with E-state index in [2.05, 4.69) is 22.4 Å². The van der Waals surface area contributed by atoms with Crippen LogP contribution >= 0.6 is 0 Å². The lowest BCUT2D eigenvalue weighted by Gasteiger charge is -2.36. The van der Waals surface area contributed by atoms with Gasteiger partial charge in [-0.2, -0.15) is 0 Å². The molecular formula is C28H29N3O5. The number of nitrogens with zero attached hydrogens (tertiary/aromatic N) is 2. The van der Waals surface area contributed by atoms with E-state index in [9.17, 15) is 9.59 Å². The van der Waals surface area contributed by atoms with Gasteiger partial charge in [-0.3, -0.25) is 14.6 Å². The molecule has 36 heavy (non-hydrogen) atoms. The predicted octanol–water partition coefficient (Wildman–Crippen LogP) is 4.11. The quantitative estimate of drug-likeness (QED) is 0.563. The molecule has 0 bridgehead atoms. The standard InChI is InChI=1S/C28H29N3O5/c1-34-24-9-6-19(16-25(24)35-2)27(21-5-3-4-12-29-21)18-10-13-31(14-11-18)28(33)20-7-8-23-22(15-20)30-26(32)17-36-23/h3-9,12,15-16,18,27H,10-11,13-14,17H2,1-2H3,(H,30,32)/t27-/m1/s1. The smallest absolute Gasteiger partial charge is 0.262 e. The van der Waals surface area contributed by atoms with Crippen molar-refractivity contribution in [3.8, 4) is 17.2 Å². The molecule has 2 aliphatic rings. The number of anilines is 1. The molecule has 3 aromatic rings. The van der Waals surface area contributed by atoms with E-state index in [0.717, 1.165) is 24.1 Å². The minimum Gasteiger partial charge on any atom is -0.493 e. The van der Waals surface area contributed by atoms with Gasteiger partial charge in [0.1, 0.15) is 5.75 Å². The number of piperidine rings is 1. The highest BCUT2D eigenvalue weighted by atomic mass is 16.5. The number of hydrogen-bond acceptors (Lipinski definition) is 6. The first-order chi connectivity index (χ1) is 17.6. The largest absolute Gasteiger partial charge is 0.493 e. The fourth-order valence-electron chi connectivity index (χ4n) is 5.13. The number of fused-ring (bicyclic) bond motifs is 1. The minimum absolute atomic E-state index is 0.00862. The number of carbonyl (C=O) groups excluding carboxylic acids is 2. The third kappa shape index (κ3) is 4.71. The zero-order valence-electron chi connectivity index (χ0n) is 20.4. The Hall–Kier alpha value is -4.07. The van der Waals surface area contributed by atoms with Crippen molar-refractivity contribution in [1.82, 2.24) is 9.88 Å². The molecule has 5 rings (SSSR count). The summed E-state index contributed by atoms with van der Waals surface area (Å²) >= 11 is 0. The summed E-state index contributed by atoms with van der Waals surface area (Å²) in [5, 5.41) is 2.77. The highest BCUT2D eigenvalue weighted by molar-refractivity contribution is 5.99. The molecule has 0 aliphatic carbocycles. The molecule has 1 aromatic heterocycles. The number of benzene rings is 2. The van der Waals surface area contributed by atoms with Gasteiger partial charge in [0.15, 0.2) is 18.1 Å². The average molecular weight is 488 g/mol. The number of nitrogens with one attached hydrogen (secondary N) is 1. The lowest BCUT2D eigenvalue weighted by atomic mass is 9.77. The minimum atomic E-state index is -0.219. The van der Waals surface area contributed by atoms with E-state index >= 15 is 0 Å². The zero-order chi connectivity index (χ0) is 25.1. The first-order valence-electron chi connectivity index (χ1n) is 12.1. The van der Waals surface area contributed by atoms with Gasteiger partial charge in [-0.15, -0.1) is 0 Å². The molecule has 0 radical (unpaired) electrons. The fourth-order valence-corrected chi connectivity index (χ4v) is 5.13. The van der Waals surface area contributed by atoms with Crippen molar-refractivity contribution < 1.29 is 23.8 Å². The van der Waals surface area contributed by atoms with Crippen molar-refractivity contribution in [3.05, 3.63) is 77.6 Å². The molecule has 1 fully saturated rings. The second-order valence-electron chi connectivity index (χ2n) is 9.02. The first kappa shape index (κ1) is 23.7. The zero-order valence-corrected chi connectivity index (χ0v) is 20.4. The molecule has 8 heteroatoms. The summed E-state index contributed by atoms with van der Waals surface area (Å²) in [7, 11) is 3.27. The summed E-state index contributed by atoms with van der Waals surface area (Å²) in [6, 6.07) is 17.2. The number of amides is 2. The maximum Gasteiger partial charge on any atom is 0.262 e. The molecule has 2 aliphatic heterocycles. The Kier molecular flexibility index (Phi) is 6.75. The van der Waals surface area contributed by atoms with Crippen LogP contribution in [-0.4, -0.2) is 55.6 Å². The molecule has 0 spiro atoms. The maximum atomic E-state index is 13.3. The van der Waals surface area contributed by atoms with Crippen LogP contribution in [0.1, 0.15) is 40.4 Å². The number of likely N-dealkylation sites (tertiary alicyclic amines) is 1. The number of ether oxygens (including phenoxy) is 3. The molecule has 1 atom stereocenters. The lowest BCUT2D eigenvalue weighted by Crippen LogP contribution is -2.40. The van der Waals surface area contributed by atoms with Crippen LogP contribution in [0.15, 0.2) is 60.8 Å². The number of rotatable bonds is 6. The van der Waals surface area contributed by atoms with E-state index in [1.54, 1.807) is 32.4 Å². The SMILES string of the molecule is COc1ccc([C@H](c2ccccn2)C2CCN(C(=O)c3ccc4c(c3)NC(=O)CO4)CC2)cc1OC. The summed E-state index contributed by atoms with van der Waals surface area (Å²) in [5.41, 5.74) is 3.19. The van der Waals surface area contributed by atoms with E-state index in [-0.39, 0.29) is 24.3 Å². The summed E-state index contributed by atoms with van der Waals surface area (Å²) in [6.45, 7) is 1.27. The van der Waals surface area contributed by atoms with Crippen molar-refractivity contribution in [3.63, 3.8) is 0 Å². The van der Waals surface area contributed by atoms with Crippen LogP contribution < -0.4 is 19.5 Å². The van der Waals surface area contributed by atoms with Crippen molar-refractivity contribution >= 4 is 17.5 Å². The van der Waals surface area contributed by atoms with Crippen LogP contribution in [0.3, 0.4) is 0 Å². The monoisotopic (exact) mass is 487 g/mol. The van der Waals surface area contributed by atoms with E-state index in [1.165, 1.54) is 0 Å². The van der Waals surface area contributed by atoms with Gasteiger partial charge >= 0.3 is 0 Å². The summed E-state index contributed by atoms with van der Waals surface area (Å²) in [4.78, 5) is 31.5. The van der Waals surface area contributed by atoms with Gasteiger partial charge in [0.25, 0.3) is 11.8 Å². The lowest BCUT2D eigenvalue weighted by molar-refractivity contribution is -0.118. The topological polar surface area (TPSA) is 90.0 Å². The van der Waals surface area contributed by atoms with Gasteiger partial charge < -0.3 is 24.4 Å². The van der Waals surface area contributed by atoms with Crippen LogP contribution in [0, 0.1) is 5.92 Å². The summed E-state index contributed by atoms with van der Waals surface area (Å²) < 4.78 is 16.4. The Morgan fingerprint density at radius 2 is 1.86 bits per heavy atom.